The number of rotatable bonds is 3. The van der Waals surface area contributed by atoms with Crippen molar-refractivity contribution in [2.45, 2.75) is 25.4 Å². The Labute approximate surface area is 156 Å². The van der Waals surface area contributed by atoms with Crippen molar-refractivity contribution >= 4 is 23.9 Å². The molecule has 0 radical (unpaired) electrons. The standard InChI is InChI=1S/C24H22OSi/c1-4-11-19(12-5-1)24-22-17-10-18-23(22)25-26(24,20-13-6-2-7-14-20)21-15-8-3-9-16-21/h1-9,11-16,23H,10,17-18H2. The van der Waals surface area contributed by atoms with E-state index in [2.05, 4.69) is 91.0 Å². The fourth-order valence-corrected chi connectivity index (χ4v) is 9.28. The van der Waals surface area contributed by atoms with E-state index in [1.54, 1.807) is 5.57 Å². The molecule has 0 spiro atoms. The van der Waals surface area contributed by atoms with Crippen molar-refractivity contribution in [1.29, 1.82) is 0 Å². The summed E-state index contributed by atoms with van der Waals surface area (Å²) in [7, 11) is -2.47. The zero-order chi connectivity index (χ0) is 17.4. The second-order valence-corrected chi connectivity index (χ2v) is 10.4. The average Bonchev–Trinajstić information content (AvgIpc) is 3.29. The molecule has 0 amide bonds. The van der Waals surface area contributed by atoms with Crippen LogP contribution < -0.4 is 10.4 Å². The molecule has 0 bridgehead atoms. The number of fused-ring (bicyclic) bond motifs is 1. The third-order valence-corrected chi connectivity index (χ3v) is 9.96. The SMILES string of the molecule is c1ccc(C2=C3CCCC3O[Si]2(c2ccccc2)c2ccccc2)cc1. The van der Waals surface area contributed by atoms with Gasteiger partial charge >= 0.3 is 0 Å². The minimum atomic E-state index is -2.47. The summed E-state index contributed by atoms with van der Waals surface area (Å²) in [5.74, 6) is 0. The first-order valence-corrected chi connectivity index (χ1v) is 11.4. The van der Waals surface area contributed by atoms with Crippen molar-refractivity contribution in [2.75, 3.05) is 0 Å². The summed E-state index contributed by atoms with van der Waals surface area (Å²) >= 11 is 0. The van der Waals surface area contributed by atoms with Gasteiger partial charge in [0.1, 0.15) is 0 Å². The molecule has 1 heterocycles. The van der Waals surface area contributed by atoms with Gasteiger partial charge in [0.05, 0.1) is 6.10 Å². The summed E-state index contributed by atoms with van der Waals surface area (Å²) < 4.78 is 7.08. The predicted molar refractivity (Wildman–Crippen MR) is 110 cm³/mol. The van der Waals surface area contributed by atoms with Crippen molar-refractivity contribution in [1.82, 2.24) is 0 Å². The van der Waals surface area contributed by atoms with E-state index < -0.39 is 8.32 Å². The van der Waals surface area contributed by atoms with Gasteiger partial charge in [-0.15, -0.1) is 0 Å². The van der Waals surface area contributed by atoms with Gasteiger partial charge in [-0.3, -0.25) is 0 Å². The first-order valence-electron chi connectivity index (χ1n) is 9.47. The van der Waals surface area contributed by atoms with E-state index in [-0.39, 0.29) is 6.10 Å². The Morgan fingerprint density at radius 2 is 1.23 bits per heavy atom. The summed E-state index contributed by atoms with van der Waals surface area (Å²) in [4.78, 5) is 0. The first-order chi connectivity index (χ1) is 12.9. The predicted octanol–water partition coefficient (Wildman–Crippen LogP) is 4.32. The Morgan fingerprint density at radius 3 is 1.81 bits per heavy atom. The Morgan fingerprint density at radius 1 is 0.692 bits per heavy atom. The molecule has 1 nitrogen and oxygen atoms in total. The van der Waals surface area contributed by atoms with Crippen molar-refractivity contribution in [3.63, 3.8) is 0 Å². The lowest BCUT2D eigenvalue weighted by Crippen LogP contribution is -2.60. The molecule has 128 valence electrons. The van der Waals surface area contributed by atoms with Crippen LogP contribution in [-0.4, -0.2) is 14.4 Å². The summed E-state index contributed by atoms with van der Waals surface area (Å²) in [6, 6.07) is 32.8. The van der Waals surface area contributed by atoms with Gasteiger partial charge in [0.15, 0.2) is 0 Å². The molecule has 26 heavy (non-hydrogen) atoms. The zero-order valence-corrected chi connectivity index (χ0v) is 15.8. The van der Waals surface area contributed by atoms with E-state index in [1.165, 1.54) is 34.0 Å². The van der Waals surface area contributed by atoms with Gasteiger partial charge in [-0.1, -0.05) is 91.0 Å². The Hall–Kier alpha value is -2.42. The van der Waals surface area contributed by atoms with Crippen molar-refractivity contribution in [2.24, 2.45) is 0 Å². The molecule has 1 aliphatic carbocycles. The first kappa shape index (κ1) is 15.8. The van der Waals surface area contributed by atoms with Crippen LogP contribution in [0.3, 0.4) is 0 Å². The van der Waals surface area contributed by atoms with Crippen LogP contribution in [0.2, 0.25) is 0 Å². The molecule has 1 saturated carbocycles. The van der Waals surface area contributed by atoms with Gasteiger partial charge in [-0.25, -0.2) is 0 Å². The van der Waals surface area contributed by atoms with Crippen molar-refractivity contribution in [3.8, 4) is 0 Å². The normalized spacial score (nSPS) is 21.0. The van der Waals surface area contributed by atoms with Gasteiger partial charge < -0.3 is 4.43 Å². The molecule has 2 aliphatic rings. The van der Waals surface area contributed by atoms with Gasteiger partial charge in [0.25, 0.3) is 8.32 Å². The lowest BCUT2D eigenvalue weighted by atomic mass is 10.1. The molecule has 0 aromatic heterocycles. The smallest absolute Gasteiger partial charge is 0.289 e. The van der Waals surface area contributed by atoms with Crippen LogP contribution in [0.5, 0.6) is 0 Å². The quantitative estimate of drug-likeness (QED) is 0.637. The highest BCUT2D eigenvalue weighted by molar-refractivity contribution is 7.11. The van der Waals surface area contributed by atoms with Crippen LogP contribution in [0.25, 0.3) is 5.20 Å². The molecule has 0 saturated heterocycles. The summed E-state index contributed by atoms with van der Waals surface area (Å²) in [6.07, 6.45) is 3.85. The van der Waals surface area contributed by atoms with Crippen LogP contribution in [-0.2, 0) is 4.43 Å². The van der Waals surface area contributed by atoms with Crippen LogP contribution >= 0.6 is 0 Å². The fraction of sp³-hybridized carbons (Fsp3) is 0.167. The summed E-state index contributed by atoms with van der Waals surface area (Å²) in [5.41, 5.74) is 2.89. The molecule has 5 rings (SSSR count). The lowest BCUT2D eigenvalue weighted by molar-refractivity contribution is 0.258. The van der Waals surface area contributed by atoms with E-state index in [0.29, 0.717) is 0 Å². The van der Waals surface area contributed by atoms with E-state index in [1.807, 2.05) is 0 Å². The zero-order valence-electron chi connectivity index (χ0n) is 14.8. The Balaban J connectivity index is 1.83. The van der Waals surface area contributed by atoms with E-state index in [9.17, 15) is 0 Å². The Kier molecular flexibility index (Phi) is 3.88. The highest BCUT2D eigenvalue weighted by Gasteiger charge is 2.53. The topological polar surface area (TPSA) is 9.23 Å². The largest absolute Gasteiger partial charge is 0.397 e. The van der Waals surface area contributed by atoms with Gasteiger partial charge in [-0.05, 0) is 46.0 Å². The highest BCUT2D eigenvalue weighted by atomic mass is 28.4. The van der Waals surface area contributed by atoms with Crippen molar-refractivity contribution in [3.05, 3.63) is 102 Å². The second kappa shape index (κ2) is 6.38. The molecular weight excluding hydrogens is 332 g/mol. The number of hydrogen-bond acceptors (Lipinski definition) is 1. The van der Waals surface area contributed by atoms with Crippen LogP contribution in [0, 0.1) is 0 Å². The second-order valence-electron chi connectivity index (χ2n) is 7.18. The molecule has 2 heteroatoms. The van der Waals surface area contributed by atoms with E-state index in [0.717, 1.165) is 6.42 Å². The third-order valence-electron chi connectivity index (χ3n) is 5.72. The number of benzene rings is 3. The lowest BCUT2D eigenvalue weighted by Gasteiger charge is -2.32. The van der Waals surface area contributed by atoms with E-state index in [4.69, 9.17) is 4.43 Å². The minimum absolute atomic E-state index is 0.289. The third kappa shape index (κ3) is 2.33. The molecule has 0 N–H and O–H groups in total. The van der Waals surface area contributed by atoms with Crippen molar-refractivity contribution < 1.29 is 4.43 Å². The molecule has 3 aromatic carbocycles. The molecule has 1 aliphatic heterocycles. The summed E-state index contributed by atoms with van der Waals surface area (Å²) in [5, 5.41) is 4.21. The van der Waals surface area contributed by atoms with Crippen LogP contribution in [0.4, 0.5) is 0 Å². The monoisotopic (exact) mass is 354 g/mol. The van der Waals surface area contributed by atoms with E-state index >= 15 is 0 Å². The molecule has 3 aromatic rings. The molecule has 1 fully saturated rings. The minimum Gasteiger partial charge on any atom is -0.397 e. The fourth-order valence-electron chi connectivity index (χ4n) is 4.66. The maximum absolute atomic E-state index is 7.08. The average molecular weight is 355 g/mol. The summed E-state index contributed by atoms with van der Waals surface area (Å²) in [6.45, 7) is 0. The maximum Gasteiger partial charge on any atom is 0.289 e. The van der Waals surface area contributed by atoms with Crippen LogP contribution in [0.1, 0.15) is 24.8 Å². The molecular formula is C24H22OSi. The van der Waals surface area contributed by atoms with Gasteiger partial charge in [0, 0.05) is 0 Å². The maximum atomic E-state index is 7.08. The van der Waals surface area contributed by atoms with Crippen LogP contribution in [0.15, 0.2) is 96.6 Å². The van der Waals surface area contributed by atoms with Gasteiger partial charge in [-0.2, -0.15) is 0 Å². The molecule has 1 unspecified atom stereocenters. The van der Waals surface area contributed by atoms with Gasteiger partial charge in [0.2, 0.25) is 0 Å². The molecule has 1 atom stereocenters. The number of hydrogen-bond donors (Lipinski definition) is 0. The Bertz CT molecular complexity index is 892. The highest BCUT2D eigenvalue weighted by Crippen LogP contribution is 2.46.